The molecule has 0 aromatic heterocycles. The van der Waals surface area contributed by atoms with Gasteiger partial charge in [0, 0.05) is 30.9 Å². The first-order valence-corrected chi connectivity index (χ1v) is 9.60. The van der Waals surface area contributed by atoms with E-state index in [2.05, 4.69) is 68.9 Å². The smallest absolute Gasteiger partial charge is 0.173 e. The standard InChI is InChI=1S/C20H33N3S/c1-7-17(5)22(6)18-8-10-23(11-9-18)20(24)21-19-15(3)12-14(2)13-16(19)4/h12-13,17-18H,7-11H2,1-6H3,(H,21,24)/t17-/m1/s1. The molecule has 3 nitrogen and oxygen atoms in total. The number of nitrogens with zero attached hydrogens (tertiary/aromatic N) is 2. The number of hydrogen-bond acceptors (Lipinski definition) is 2. The quantitative estimate of drug-likeness (QED) is 0.808. The second-order valence-corrected chi connectivity index (χ2v) is 7.73. The third kappa shape index (κ3) is 4.48. The fraction of sp³-hybridized carbons (Fsp3) is 0.650. The molecular weight excluding hydrogens is 314 g/mol. The number of aryl methyl sites for hydroxylation is 3. The average molecular weight is 348 g/mol. The summed E-state index contributed by atoms with van der Waals surface area (Å²) in [6.07, 6.45) is 3.59. The van der Waals surface area contributed by atoms with E-state index in [0.29, 0.717) is 12.1 Å². The maximum absolute atomic E-state index is 5.69. The number of piperidine rings is 1. The molecule has 1 aromatic rings. The van der Waals surface area contributed by atoms with Crippen molar-refractivity contribution < 1.29 is 0 Å². The van der Waals surface area contributed by atoms with Crippen LogP contribution in [0.25, 0.3) is 0 Å². The van der Waals surface area contributed by atoms with Crippen molar-refractivity contribution in [3.8, 4) is 0 Å². The predicted molar refractivity (Wildman–Crippen MR) is 109 cm³/mol. The Morgan fingerprint density at radius 3 is 2.29 bits per heavy atom. The molecule has 2 rings (SSSR count). The Bertz CT molecular complexity index is 553. The second kappa shape index (κ2) is 8.30. The van der Waals surface area contributed by atoms with Gasteiger partial charge in [-0.1, -0.05) is 24.6 Å². The first-order chi connectivity index (χ1) is 11.3. The molecule has 0 amide bonds. The van der Waals surface area contributed by atoms with Crippen molar-refractivity contribution in [1.29, 1.82) is 0 Å². The Hall–Kier alpha value is -1.13. The van der Waals surface area contributed by atoms with Gasteiger partial charge in [-0.25, -0.2) is 0 Å². The third-order valence-electron chi connectivity index (χ3n) is 5.52. The zero-order valence-corrected chi connectivity index (χ0v) is 17.0. The molecule has 4 heteroatoms. The van der Waals surface area contributed by atoms with Crippen molar-refractivity contribution in [3.63, 3.8) is 0 Å². The number of benzene rings is 1. The third-order valence-corrected chi connectivity index (χ3v) is 5.88. The van der Waals surface area contributed by atoms with Gasteiger partial charge in [-0.05, 0) is 77.3 Å². The van der Waals surface area contributed by atoms with E-state index in [9.17, 15) is 0 Å². The van der Waals surface area contributed by atoms with Crippen LogP contribution >= 0.6 is 12.2 Å². The molecule has 1 heterocycles. The normalized spacial score (nSPS) is 17.2. The van der Waals surface area contributed by atoms with Gasteiger partial charge in [-0.2, -0.15) is 0 Å². The highest BCUT2D eigenvalue weighted by Gasteiger charge is 2.25. The zero-order chi connectivity index (χ0) is 17.9. The number of rotatable bonds is 4. The molecule has 0 radical (unpaired) electrons. The van der Waals surface area contributed by atoms with Crippen molar-refractivity contribution in [1.82, 2.24) is 9.80 Å². The maximum atomic E-state index is 5.69. The summed E-state index contributed by atoms with van der Waals surface area (Å²) in [5.74, 6) is 0. The van der Waals surface area contributed by atoms with Crippen LogP contribution in [0.15, 0.2) is 12.1 Å². The molecule has 1 saturated heterocycles. The molecule has 1 aliphatic heterocycles. The molecule has 1 atom stereocenters. The summed E-state index contributed by atoms with van der Waals surface area (Å²) in [4.78, 5) is 4.87. The summed E-state index contributed by atoms with van der Waals surface area (Å²) in [6, 6.07) is 5.77. The van der Waals surface area contributed by atoms with E-state index in [-0.39, 0.29) is 0 Å². The van der Waals surface area contributed by atoms with Gasteiger partial charge < -0.3 is 15.1 Å². The van der Waals surface area contributed by atoms with Gasteiger partial charge in [-0.15, -0.1) is 0 Å². The Morgan fingerprint density at radius 1 is 1.25 bits per heavy atom. The molecule has 0 aliphatic carbocycles. The van der Waals surface area contributed by atoms with E-state index in [4.69, 9.17) is 12.2 Å². The van der Waals surface area contributed by atoms with Crippen molar-refractivity contribution in [3.05, 3.63) is 28.8 Å². The Labute approximate surface area is 153 Å². The fourth-order valence-corrected chi connectivity index (χ4v) is 3.97. The maximum Gasteiger partial charge on any atom is 0.173 e. The van der Waals surface area contributed by atoms with Crippen LogP contribution in [-0.2, 0) is 0 Å². The van der Waals surface area contributed by atoms with Gasteiger partial charge in [0.2, 0.25) is 0 Å². The number of anilines is 1. The van der Waals surface area contributed by atoms with E-state index in [1.54, 1.807) is 0 Å². The molecule has 0 unspecified atom stereocenters. The molecule has 1 fully saturated rings. The van der Waals surface area contributed by atoms with E-state index in [0.717, 1.165) is 18.2 Å². The van der Waals surface area contributed by atoms with Crippen LogP contribution < -0.4 is 5.32 Å². The lowest BCUT2D eigenvalue weighted by Gasteiger charge is -2.40. The van der Waals surface area contributed by atoms with Crippen LogP contribution in [0.5, 0.6) is 0 Å². The predicted octanol–water partition coefficient (Wildman–Crippen LogP) is 4.50. The van der Waals surface area contributed by atoms with Crippen LogP contribution in [-0.4, -0.2) is 47.1 Å². The van der Waals surface area contributed by atoms with E-state index < -0.39 is 0 Å². The van der Waals surface area contributed by atoms with Gasteiger partial charge in [0.05, 0.1) is 0 Å². The van der Waals surface area contributed by atoms with Gasteiger partial charge in [-0.3, -0.25) is 0 Å². The highest BCUT2D eigenvalue weighted by molar-refractivity contribution is 7.80. The summed E-state index contributed by atoms with van der Waals surface area (Å²) >= 11 is 5.69. The van der Waals surface area contributed by atoms with Gasteiger partial charge in [0.1, 0.15) is 0 Å². The Kier molecular flexibility index (Phi) is 6.64. The van der Waals surface area contributed by atoms with Crippen LogP contribution in [0.4, 0.5) is 5.69 Å². The van der Waals surface area contributed by atoms with Gasteiger partial charge in [0.15, 0.2) is 5.11 Å². The van der Waals surface area contributed by atoms with Gasteiger partial charge >= 0.3 is 0 Å². The minimum Gasteiger partial charge on any atom is -0.349 e. The number of likely N-dealkylation sites (tertiary alicyclic amines) is 1. The Morgan fingerprint density at radius 2 is 1.79 bits per heavy atom. The SMILES string of the molecule is CC[C@@H](C)N(C)C1CCN(C(=S)Nc2c(C)cc(C)cc2C)CC1. The average Bonchev–Trinajstić information content (AvgIpc) is 2.56. The summed E-state index contributed by atoms with van der Waals surface area (Å²) in [5, 5.41) is 4.37. The lowest BCUT2D eigenvalue weighted by molar-refractivity contribution is 0.126. The van der Waals surface area contributed by atoms with Crippen molar-refractivity contribution >= 4 is 23.0 Å². The molecule has 0 bridgehead atoms. The highest BCUT2D eigenvalue weighted by atomic mass is 32.1. The number of thiocarbonyl (C=S) groups is 1. The van der Waals surface area contributed by atoms with Crippen molar-refractivity contribution in [2.24, 2.45) is 0 Å². The van der Waals surface area contributed by atoms with Crippen LogP contribution in [0.3, 0.4) is 0 Å². The molecule has 1 aliphatic rings. The van der Waals surface area contributed by atoms with Crippen molar-refractivity contribution in [2.75, 3.05) is 25.5 Å². The molecular formula is C20H33N3S. The first kappa shape index (κ1) is 19.2. The minimum absolute atomic E-state index is 0.657. The minimum atomic E-state index is 0.657. The lowest BCUT2D eigenvalue weighted by Crippen LogP contribution is -2.48. The molecule has 134 valence electrons. The number of hydrogen-bond donors (Lipinski definition) is 1. The lowest BCUT2D eigenvalue weighted by atomic mass is 10.0. The fourth-order valence-electron chi connectivity index (χ4n) is 3.69. The van der Waals surface area contributed by atoms with Gasteiger partial charge in [0.25, 0.3) is 0 Å². The van der Waals surface area contributed by atoms with E-state index >= 15 is 0 Å². The molecule has 24 heavy (non-hydrogen) atoms. The second-order valence-electron chi connectivity index (χ2n) is 7.34. The first-order valence-electron chi connectivity index (χ1n) is 9.19. The summed E-state index contributed by atoms with van der Waals surface area (Å²) in [5.41, 5.74) is 5.00. The largest absolute Gasteiger partial charge is 0.349 e. The van der Waals surface area contributed by atoms with Crippen LogP contribution in [0.2, 0.25) is 0 Å². The van der Waals surface area contributed by atoms with Crippen molar-refractivity contribution in [2.45, 2.75) is 66.0 Å². The highest BCUT2D eigenvalue weighted by Crippen LogP contribution is 2.24. The molecule has 1 N–H and O–H groups in total. The van der Waals surface area contributed by atoms with Crippen LogP contribution in [0, 0.1) is 20.8 Å². The number of nitrogens with one attached hydrogen (secondary N) is 1. The summed E-state index contributed by atoms with van der Waals surface area (Å²) in [7, 11) is 2.27. The molecule has 0 spiro atoms. The molecule has 1 aromatic carbocycles. The Balaban J connectivity index is 1.94. The monoisotopic (exact) mass is 347 g/mol. The van der Waals surface area contributed by atoms with E-state index in [1.807, 2.05) is 0 Å². The molecule has 0 saturated carbocycles. The zero-order valence-electron chi connectivity index (χ0n) is 16.1. The topological polar surface area (TPSA) is 18.5 Å². The van der Waals surface area contributed by atoms with Crippen LogP contribution in [0.1, 0.15) is 49.8 Å². The summed E-state index contributed by atoms with van der Waals surface area (Å²) < 4.78 is 0. The summed E-state index contributed by atoms with van der Waals surface area (Å²) in [6.45, 7) is 13.1. The van der Waals surface area contributed by atoms with E-state index in [1.165, 1.54) is 41.6 Å².